The Morgan fingerprint density at radius 3 is 2.68 bits per heavy atom. The van der Waals surface area contributed by atoms with Gasteiger partial charge in [-0.15, -0.1) is 0 Å². The van der Waals surface area contributed by atoms with Gasteiger partial charge in [0.15, 0.2) is 0 Å². The number of fused-ring (bicyclic) bond motifs is 2. The van der Waals surface area contributed by atoms with Crippen LogP contribution in [0.2, 0.25) is 5.02 Å². The molecule has 0 atom stereocenters. The molecule has 1 aromatic carbocycles. The molecule has 8 nitrogen and oxygen atoms in total. The molecule has 4 aromatic heterocycles. The molecule has 9 heteroatoms. The molecule has 6 rings (SSSR count). The number of carbonyl (C=O) groups excluding carboxylic acids is 1. The van der Waals surface area contributed by atoms with Crippen LogP contribution in [0.4, 0.5) is 0 Å². The highest BCUT2D eigenvalue weighted by Crippen LogP contribution is 2.28. The summed E-state index contributed by atoms with van der Waals surface area (Å²) in [6.45, 7) is 2.45. The highest BCUT2D eigenvalue weighted by atomic mass is 35.5. The van der Waals surface area contributed by atoms with E-state index in [4.69, 9.17) is 11.6 Å². The van der Waals surface area contributed by atoms with Crippen molar-refractivity contribution in [3.05, 3.63) is 87.8 Å². The Kier molecular flexibility index (Phi) is 6.04. The molecule has 4 heterocycles. The molecule has 1 aliphatic rings. The molecule has 1 amide bonds. The molecule has 0 bridgehead atoms. The smallest absolute Gasteiger partial charge is 0.333 e. The number of pyridine rings is 2. The van der Waals surface area contributed by atoms with E-state index in [1.165, 1.54) is 0 Å². The van der Waals surface area contributed by atoms with Gasteiger partial charge in [0.25, 0.3) is 5.91 Å². The number of nitrogens with zero attached hydrogens (tertiary/aromatic N) is 4. The molecule has 0 aliphatic heterocycles. The lowest BCUT2D eigenvalue weighted by molar-refractivity contribution is 0.0919. The molecular weight excluding hydrogens is 488 g/mol. The number of hydrogen-bond acceptors (Lipinski definition) is 4. The zero-order valence-corrected chi connectivity index (χ0v) is 21.2. The molecule has 5 aromatic rings. The number of aromatic amines is 1. The topological polar surface area (TPSA) is 97.6 Å². The van der Waals surface area contributed by atoms with Crippen molar-refractivity contribution in [2.24, 2.45) is 5.92 Å². The minimum Gasteiger partial charge on any atom is -0.349 e. The van der Waals surface area contributed by atoms with Gasteiger partial charge in [0.1, 0.15) is 5.65 Å². The summed E-state index contributed by atoms with van der Waals surface area (Å²) < 4.78 is 3.64. The monoisotopic (exact) mass is 514 g/mol. The Morgan fingerprint density at radius 1 is 1.08 bits per heavy atom. The molecular formula is C28H27ClN6O2. The van der Waals surface area contributed by atoms with Crippen LogP contribution in [0.3, 0.4) is 0 Å². The number of imidazole rings is 1. The van der Waals surface area contributed by atoms with Crippen molar-refractivity contribution in [3.63, 3.8) is 0 Å². The van der Waals surface area contributed by atoms with E-state index in [0.29, 0.717) is 28.7 Å². The third-order valence-electron chi connectivity index (χ3n) is 7.40. The number of amides is 1. The second-order valence-corrected chi connectivity index (χ2v) is 10.2. The maximum Gasteiger partial charge on any atom is 0.333 e. The largest absolute Gasteiger partial charge is 0.349 e. The molecule has 1 fully saturated rings. The number of aryl methyl sites for hydroxylation is 1. The Bertz CT molecular complexity index is 1680. The van der Waals surface area contributed by atoms with E-state index in [-0.39, 0.29) is 17.6 Å². The number of carbonyl (C=O) groups is 1. The summed E-state index contributed by atoms with van der Waals surface area (Å²) in [6.07, 6.45) is 8.73. The van der Waals surface area contributed by atoms with Crippen LogP contribution >= 0.6 is 11.6 Å². The second kappa shape index (κ2) is 9.52. The van der Waals surface area contributed by atoms with Gasteiger partial charge in [0.05, 0.1) is 39.2 Å². The number of nitrogens with one attached hydrogen (secondary N) is 2. The lowest BCUT2D eigenvalue weighted by Crippen LogP contribution is -2.39. The fourth-order valence-corrected chi connectivity index (χ4v) is 5.59. The summed E-state index contributed by atoms with van der Waals surface area (Å²) in [5.41, 5.74) is 4.46. The molecule has 0 saturated heterocycles. The predicted octanol–water partition coefficient (Wildman–Crippen LogP) is 5.01. The van der Waals surface area contributed by atoms with Crippen LogP contribution in [0.15, 0.2) is 65.8 Å². The Balaban J connectivity index is 1.20. The lowest BCUT2D eigenvalue weighted by Gasteiger charge is -2.29. The first-order chi connectivity index (χ1) is 18.0. The standard InChI is InChI=1S/C28H27ClN6O2/c1-17-23(13-20(29)14-31-17)27(36)33-21-8-6-18(7-9-21)16-34-24-4-2-3-5-25(24)35(28(34)37)22-12-19-10-11-30-26(19)32-15-22/h2-5,10-15,18,21H,6-9,16H2,1H3,(H,30,32)(H,33,36). The van der Waals surface area contributed by atoms with Crippen molar-refractivity contribution >= 4 is 39.6 Å². The zero-order chi connectivity index (χ0) is 25.5. The van der Waals surface area contributed by atoms with E-state index < -0.39 is 0 Å². The molecule has 37 heavy (non-hydrogen) atoms. The van der Waals surface area contributed by atoms with Crippen molar-refractivity contribution < 1.29 is 4.79 Å². The second-order valence-electron chi connectivity index (χ2n) is 9.80. The van der Waals surface area contributed by atoms with Gasteiger partial charge in [-0.25, -0.2) is 9.78 Å². The normalized spacial score (nSPS) is 17.9. The van der Waals surface area contributed by atoms with Gasteiger partial charge in [-0.1, -0.05) is 23.7 Å². The van der Waals surface area contributed by atoms with Gasteiger partial charge in [-0.05, 0) is 68.9 Å². The summed E-state index contributed by atoms with van der Waals surface area (Å²) in [5.74, 6) is 0.216. The molecule has 1 aliphatic carbocycles. The minimum absolute atomic E-state index is 0.0581. The highest BCUT2D eigenvalue weighted by molar-refractivity contribution is 6.30. The van der Waals surface area contributed by atoms with Crippen molar-refractivity contribution in [2.75, 3.05) is 0 Å². The predicted molar refractivity (Wildman–Crippen MR) is 144 cm³/mol. The Morgan fingerprint density at radius 2 is 1.86 bits per heavy atom. The highest BCUT2D eigenvalue weighted by Gasteiger charge is 2.25. The first-order valence-corrected chi connectivity index (χ1v) is 12.9. The Labute approximate surface area is 218 Å². The van der Waals surface area contributed by atoms with Gasteiger partial charge in [-0.2, -0.15) is 0 Å². The summed E-state index contributed by atoms with van der Waals surface area (Å²) in [7, 11) is 0. The number of hydrogen-bond donors (Lipinski definition) is 2. The maximum atomic E-state index is 13.7. The summed E-state index contributed by atoms with van der Waals surface area (Å²) >= 11 is 6.04. The minimum atomic E-state index is -0.136. The quantitative estimate of drug-likeness (QED) is 0.344. The first-order valence-electron chi connectivity index (χ1n) is 12.5. The van der Waals surface area contributed by atoms with Crippen molar-refractivity contribution in [2.45, 2.75) is 45.2 Å². The van der Waals surface area contributed by atoms with E-state index in [1.54, 1.807) is 23.0 Å². The van der Waals surface area contributed by atoms with Crippen LogP contribution in [0, 0.1) is 12.8 Å². The summed E-state index contributed by atoms with van der Waals surface area (Å²) in [6, 6.07) is 13.6. The van der Waals surface area contributed by atoms with E-state index in [9.17, 15) is 9.59 Å². The fourth-order valence-electron chi connectivity index (χ4n) is 5.43. The molecule has 1 saturated carbocycles. The molecule has 0 unspecified atom stereocenters. The van der Waals surface area contributed by atoms with Crippen LogP contribution < -0.4 is 11.0 Å². The SMILES string of the molecule is Cc1ncc(Cl)cc1C(=O)NC1CCC(Cn2c(=O)n(-c3cnc4[nH]ccc4c3)c3ccccc32)CC1. The van der Waals surface area contributed by atoms with Crippen LogP contribution in [-0.2, 0) is 6.54 Å². The van der Waals surface area contributed by atoms with Gasteiger partial charge < -0.3 is 10.3 Å². The van der Waals surface area contributed by atoms with E-state index in [1.807, 2.05) is 54.1 Å². The van der Waals surface area contributed by atoms with E-state index >= 15 is 0 Å². The van der Waals surface area contributed by atoms with E-state index in [0.717, 1.165) is 53.4 Å². The number of H-pyrrole nitrogens is 1. The third kappa shape index (κ3) is 4.42. The van der Waals surface area contributed by atoms with Crippen molar-refractivity contribution in [1.82, 2.24) is 29.4 Å². The molecule has 2 N–H and O–H groups in total. The number of aromatic nitrogens is 5. The fraction of sp³-hybridized carbons (Fsp3) is 0.286. The van der Waals surface area contributed by atoms with Gasteiger partial charge in [-0.3, -0.25) is 18.9 Å². The number of para-hydroxylation sites is 2. The Hall–Kier alpha value is -3.91. The summed E-state index contributed by atoms with van der Waals surface area (Å²) in [5, 5.41) is 4.56. The molecule has 0 radical (unpaired) electrons. The zero-order valence-electron chi connectivity index (χ0n) is 20.4. The number of rotatable bonds is 5. The number of benzene rings is 1. The maximum absolute atomic E-state index is 13.7. The molecule has 0 spiro atoms. The van der Waals surface area contributed by atoms with Crippen LogP contribution in [0.1, 0.15) is 41.7 Å². The average Bonchev–Trinajstić information content (AvgIpc) is 3.48. The molecule has 188 valence electrons. The van der Waals surface area contributed by atoms with Crippen LogP contribution in [-0.4, -0.2) is 36.0 Å². The summed E-state index contributed by atoms with van der Waals surface area (Å²) in [4.78, 5) is 38.2. The first kappa shape index (κ1) is 23.5. The van der Waals surface area contributed by atoms with Crippen LogP contribution in [0.25, 0.3) is 27.8 Å². The third-order valence-corrected chi connectivity index (χ3v) is 7.61. The van der Waals surface area contributed by atoms with Crippen molar-refractivity contribution in [1.29, 1.82) is 0 Å². The lowest BCUT2D eigenvalue weighted by atomic mass is 9.85. The van der Waals surface area contributed by atoms with Gasteiger partial charge in [0.2, 0.25) is 0 Å². The van der Waals surface area contributed by atoms with E-state index in [2.05, 4.69) is 20.3 Å². The average molecular weight is 515 g/mol. The van der Waals surface area contributed by atoms with Gasteiger partial charge in [0, 0.05) is 30.4 Å². The van der Waals surface area contributed by atoms with Crippen molar-refractivity contribution in [3.8, 4) is 5.69 Å². The van der Waals surface area contributed by atoms with Crippen LogP contribution in [0.5, 0.6) is 0 Å². The van der Waals surface area contributed by atoms with Gasteiger partial charge >= 0.3 is 5.69 Å². The number of halogens is 1.